The molecule has 2 rings (SSSR count). The van der Waals surface area contributed by atoms with Gasteiger partial charge >= 0.3 is 0 Å². The lowest BCUT2D eigenvalue weighted by molar-refractivity contribution is -0.119. The van der Waals surface area contributed by atoms with Crippen LogP contribution < -0.4 is 10.6 Å². The Morgan fingerprint density at radius 1 is 1.38 bits per heavy atom. The first-order valence-electron chi connectivity index (χ1n) is 6.31. The van der Waals surface area contributed by atoms with Gasteiger partial charge in [0, 0.05) is 30.0 Å². The van der Waals surface area contributed by atoms with Crippen LogP contribution in [-0.2, 0) is 9.59 Å². The van der Waals surface area contributed by atoms with Gasteiger partial charge in [-0.15, -0.1) is 0 Å². The highest BCUT2D eigenvalue weighted by Gasteiger charge is 2.20. The minimum atomic E-state index is -0.473. The predicted molar refractivity (Wildman–Crippen MR) is 86.2 cm³/mol. The maximum atomic E-state index is 12.2. The number of rotatable bonds is 4. The summed E-state index contributed by atoms with van der Waals surface area (Å²) in [5.74, 6) is -0.796. The van der Waals surface area contributed by atoms with Gasteiger partial charge in [-0.25, -0.2) is 0 Å². The number of carbonyl (C=O) groups excluding carboxylic acids is 2. The van der Waals surface area contributed by atoms with Crippen LogP contribution in [0.15, 0.2) is 36.0 Å². The van der Waals surface area contributed by atoms with Crippen molar-refractivity contribution < 1.29 is 9.59 Å². The third-order valence-electron chi connectivity index (χ3n) is 2.90. The van der Waals surface area contributed by atoms with Crippen LogP contribution in [0.2, 0.25) is 5.02 Å². The highest BCUT2D eigenvalue weighted by Crippen LogP contribution is 2.15. The number of benzene rings is 1. The van der Waals surface area contributed by atoms with Crippen LogP contribution in [0.25, 0.3) is 0 Å². The highest BCUT2D eigenvalue weighted by molar-refractivity contribution is 7.80. The molecule has 1 saturated heterocycles. The van der Waals surface area contributed by atoms with Crippen LogP contribution >= 0.6 is 23.8 Å². The van der Waals surface area contributed by atoms with E-state index in [2.05, 4.69) is 10.6 Å². The summed E-state index contributed by atoms with van der Waals surface area (Å²) in [6.07, 6.45) is 1.48. The van der Waals surface area contributed by atoms with Crippen molar-refractivity contribution in [3.8, 4) is 0 Å². The van der Waals surface area contributed by atoms with Gasteiger partial charge in [-0.05, 0) is 43.4 Å². The number of Topliss-reactive ketones (excluding diaryl/α,β-unsaturated/α-hetero) is 1. The van der Waals surface area contributed by atoms with Crippen molar-refractivity contribution in [2.75, 3.05) is 18.4 Å². The Balaban J connectivity index is 2.16. The summed E-state index contributed by atoms with van der Waals surface area (Å²) >= 11 is 10.9. The van der Waals surface area contributed by atoms with Crippen LogP contribution in [-0.4, -0.2) is 34.8 Å². The SMILES string of the molecule is CC(=O)/C(=C\N1CCNC1=S)C(=O)Nc1ccc(Cl)cc1. The van der Waals surface area contributed by atoms with Gasteiger partial charge < -0.3 is 15.5 Å². The number of hydrogen-bond donors (Lipinski definition) is 2. The number of ketones is 1. The Morgan fingerprint density at radius 2 is 2.05 bits per heavy atom. The molecule has 0 atom stereocenters. The van der Waals surface area contributed by atoms with Gasteiger partial charge in [-0.3, -0.25) is 9.59 Å². The summed E-state index contributed by atoms with van der Waals surface area (Å²) in [4.78, 5) is 25.6. The predicted octanol–water partition coefficient (Wildman–Crippen LogP) is 1.94. The molecule has 0 aliphatic carbocycles. The fourth-order valence-corrected chi connectivity index (χ4v) is 2.18. The molecule has 21 heavy (non-hydrogen) atoms. The number of anilines is 1. The van der Waals surface area contributed by atoms with E-state index in [9.17, 15) is 9.59 Å². The molecule has 0 saturated carbocycles. The Kier molecular flexibility index (Phi) is 4.93. The van der Waals surface area contributed by atoms with Crippen molar-refractivity contribution in [1.82, 2.24) is 10.2 Å². The molecule has 1 fully saturated rings. The van der Waals surface area contributed by atoms with Crippen LogP contribution in [0, 0.1) is 0 Å². The first-order valence-corrected chi connectivity index (χ1v) is 7.10. The van der Waals surface area contributed by atoms with Crippen LogP contribution in [0.1, 0.15) is 6.92 Å². The van der Waals surface area contributed by atoms with Gasteiger partial charge in [-0.2, -0.15) is 0 Å². The Labute approximate surface area is 133 Å². The molecule has 0 aromatic heterocycles. The lowest BCUT2D eigenvalue weighted by Crippen LogP contribution is -2.27. The van der Waals surface area contributed by atoms with Crippen LogP contribution in [0.3, 0.4) is 0 Å². The smallest absolute Gasteiger partial charge is 0.260 e. The fourth-order valence-electron chi connectivity index (χ4n) is 1.81. The number of thiocarbonyl (C=S) groups is 1. The van der Waals surface area contributed by atoms with Gasteiger partial charge in [0.25, 0.3) is 5.91 Å². The molecule has 110 valence electrons. The van der Waals surface area contributed by atoms with E-state index in [1.165, 1.54) is 13.1 Å². The topological polar surface area (TPSA) is 61.4 Å². The molecule has 1 amide bonds. The van der Waals surface area contributed by atoms with Gasteiger partial charge in [0.1, 0.15) is 0 Å². The number of nitrogens with zero attached hydrogens (tertiary/aromatic N) is 1. The van der Waals surface area contributed by atoms with Crippen molar-refractivity contribution in [2.24, 2.45) is 0 Å². The van der Waals surface area contributed by atoms with Crippen LogP contribution in [0.4, 0.5) is 5.69 Å². The average molecular weight is 324 g/mol. The second kappa shape index (κ2) is 6.69. The first kappa shape index (κ1) is 15.5. The zero-order chi connectivity index (χ0) is 15.4. The van der Waals surface area contributed by atoms with Crippen molar-refractivity contribution >= 4 is 46.3 Å². The second-order valence-corrected chi connectivity index (χ2v) is 5.31. The molecular formula is C14H14ClN3O2S. The molecule has 1 aromatic rings. The summed E-state index contributed by atoms with van der Waals surface area (Å²) in [6, 6.07) is 6.65. The quantitative estimate of drug-likeness (QED) is 0.384. The number of hydrogen-bond acceptors (Lipinski definition) is 3. The standard InChI is InChI=1S/C14H14ClN3O2S/c1-9(19)12(8-18-7-6-16-14(18)21)13(20)17-11-4-2-10(15)3-5-11/h2-5,8H,6-7H2,1H3,(H,16,21)(H,17,20)/b12-8+. The zero-order valence-electron chi connectivity index (χ0n) is 11.4. The minimum absolute atomic E-state index is 0.0519. The van der Waals surface area contributed by atoms with Gasteiger partial charge in [0.15, 0.2) is 10.9 Å². The maximum absolute atomic E-state index is 12.2. The molecule has 0 spiro atoms. The summed E-state index contributed by atoms with van der Waals surface area (Å²) in [6.45, 7) is 2.67. The van der Waals surface area contributed by atoms with E-state index in [1.54, 1.807) is 29.2 Å². The van der Waals surface area contributed by atoms with Crippen molar-refractivity contribution in [2.45, 2.75) is 6.92 Å². The number of amides is 1. The van der Waals surface area contributed by atoms with Crippen LogP contribution in [0.5, 0.6) is 0 Å². The van der Waals surface area contributed by atoms with E-state index in [0.717, 1.165) is 0 Å². The highest BCUT2D eigenvalue weighted by atomic mass is 35.5. The summed E-state index contributed by atoms with van der Waals surface area (Å²) < 4.78 is 0. The van der Waals surface area contributed by atoms with Gasteiger partial charge in [0.05, 0.1) is 5.57 Å². The number of halogens is 1. The maximum Gasteiger partial charge on any atom is 0.260 e. The molecule has 0 bridgehead atoms. The summed E-state index contributed by atoms with van der Waals surface area (Å²) in [5, 5.41) is 6.71. The lowest BCUT2D eigenvalue weighted by Gasteiger charge is -2.13. The third-order valence-corrected chi connectivity index (χ3v) is 3.53. The molecule has 1 aliphatic heterocycles. The van der Waals surface area contributed by atoms with Crippen molar-refractivity contribution in [1.29, 1.82) is 0 Å². The molecule has 1 aromatic carbocycles. The Bertz CT molecular complexity index is 613. The number of carbonyl (C=O) groups is 2. The van der Waals surface area contributed by atoms with Gasteiger partial charge in [-0.1, -0.05) is 11.6 Å². The van der Waals surface area contributed by atoms with E-state index in [4.69, 9.17) is 23.8 Å². The Hall–Kier alpha value is -1.92. The molecule has 7 heteroatoms. The average Bonchev–Trinajstić information content (AvgIpc) is 2.83. The summed E-state index contributed by atoms with van der Waals surface area (Å²) in [7, 11) is 0. The monoisotopic (exact) mass is 323 g/mol. The molecule has 0 unspecified atom stereocenters. The van der Waals surface area contributed by atoms with E-state index in [1.807, 2.05) is 0 Å². The van der Waals surface area contributed by atoms with Gasteiger partial charge in [0.2, 0.25) is 0 Å². The molecular weight excluding hydrogens is 310 g/mol. The van der Waals surface area contributed by atoms with Crippen molar-refractivity contribution in [3.63, 3.8) is 0 Å². The molecule has 2 N–H and O–H groups in total. The van der Waals surface area contributed by atoms with Crippen molar-refractivity contribution in [3.05, 3.63) is 41.1 Å². The first-order chi connectivity index (χ1) is 9.97. The summed E-state index contributed by atoms with van der Waals surface area (Å²) in [5.41, 5.74) is 0.620. The van der Waals surface area contributed by atoms with E-state index >= 15 is 0 Å². The second-order valence-electron chi connectivity index (χ2n) is 4.49. The largest absolute Gasteiger partial charge is 0.360 e. The molecule has 5 nitrogen and oxygen atoms in total. The third kappa shape index (κ3) is 4.03. The minimum Gasteiger partial charge on any atom is -0.360 e. The fraction of sp³-hybridized carbons (Fsp3) is 0.214. The molecule has 1 heterocycles. The van der Waals surface area contributed by atoms with E-state index in [-0.39, 0.29) is 11.4 Å². The Morgan fingerprint density at radius 3 is 2.57 bits per heavy atom. The van der Waals surface area contributed by atoms with E-state index < -0.39 is 5.91 Å². The zero-order valence-corrected chi connectivity index (χ0v) is 12.9. The molecule has 0 radical (unpaired) electrons. The van der Waals surface area contributed by atoms with E-state index in [0.29, 0.717) is 28.9 Å². The lowest BCUT2D eigenvalue weighted by atomic mass is 10.1. The number of nitrogens with one attached hydrogen (secondary N) is 2. The molecule has 1 aliphatic rings. The normalized spacial score (nSPS) is 14.9.